The van der Waals surface area contributed by atoms with Crippen LogP contribution in [0, 0.1) is 23.2 Å². The van der Waals surface area contributed by atoms with Crippen molar-refractivity contribution in [3.8, 4) is 0 Å². The lowest BCUT2D eigenvalue weighted by Gasteiger charge is -2.60. The second kappa shape index (κ2) is 4.61. The number of carbonyl (C=O) groups is 2. The van der Waals surface area contributed by atoms with E-state index in [0.29, 0.717) is 23.3 Å². The number of ether oxygens (including phenoxy) is 1. The summed E-state index contributed by atoms with van der Waals surface area (Å²) in [7, 11) is 0. The minimum atomic E-state index is -1.02. The molecule has 4 bridgehead atoms. The van der Waals surface area contributed by atoms with Crippen LogP contribution in [0.5, 0.6) is 0 Å². The third-order valence-corrected chi connectivity index (χ3v) is 5.44. The molecular weight excluding hydrogens is 256 g/mol. The van der Waals surface area contributed by atoms with Gasteiger partial charge in [0.1, 0.15) is 6.10 Å². The predicted molar refractivity (Wildman–Crippen MR) is 70.3 cm³/mol. The van der Waals surface area contributed by atoms with Crippen LogP contribution >= 0.6 is 0 Å². The summed E-state index contributed by atoms with van der Waals surface area (Å²) in [5.74, 6) is 0.116. The maximum Gasteiger partial charge on any atom is 0.333 e. The minimum absolute atomic E-state index is 0.0185. The molecule has 4 aliphatic rings. The van der Waals surface area contributed by atoms with E-state index in [1.807, 2.05) is 0 Å². The smallest absolute Gasteiger partial charge is 0.333 e. The Hall–Kier alpha value is -1.32. The number of carboxylic acids is 1. The molecule has 0 aliphatic heterocycles. The summed E-state index contributed by atoms with van der Waals surface area (Å²) in [4.78, 5) is 23.1. The molecule has 3 atom stereocenters. The summed E-state index contributed by atoms with van der Waals surface area (Å²) >= 11 is 0. The summed E-state index contributed by atoms with van der Waals surface area (Å²) in [5, 5.41) is 11.2. The first-order chi connectivity index (χ1) is 9.39. The number of hydrogen-bond donors (Lipinski definition) is 0. The molecule has 110 valence electrons. The molecule has 0 saturated heterocycles. The second-order valence-electron chi connectivity index (χ2n) is 7.12. The normalized spacial score (nSPS) is 41.5. The third-order valence-electron chi connectivity index (χ3n) is 5.44. The van der Waals surface area contributed by atoms with Crippen LogP contribution in [0.15, 0.2) is 12.2 Å². The van der Waals surface area contributed by atoms with Gasteiger partial charge >= 0.3 is 5.97 Å². The van der Waals surface area contributed by atoms with Crippen molar-refractivity contribution in [1.29, 1.82) is 0 Å². The molecule has 0 spiro atoms. The van der Waals surface area contributed by atoms with Gasteiger partial charge in [0.15, 0.2) is 0 Å². The Labute approximate surface area is 119 Å². The van der Waals surface area contributed by atoms with Crippen LogP contribution in [0.2, 0.25) is 0 Å². The zero-order valence-corrected chi connectivity index (χ0v) is 11.9. The van der Waals surface area contributed by atoms with E-state index in [-0.39, 0.29) is 18.5 Å². The summed E-state index contributed by atoms with van der Waals surface area (Å²) in [6, 6.07) is 0. The van der Waals surface area contributed by atoms with Crippen molar-refractivity contribution in [1.82, 2.24) is 0 Å². The molecule has 4 saturated carbocycles. The number of carboxylic acid groups (broad SMARTS) is 1. The van der Waals surface area contributed by atoms with Gasteiger partial charge in [-0.1, -0.05) is 6.58 Å². The molecule has 0 amide bonds. The van der Waals surface area contributed by atoms with Gasteiger partial charge in [-0.25, -0.2) is 4.79 Å². The summed E-state index contributed by atoms with van der Waals surface area (Å²) in [6.45, 7) is 5.25. The van der Waals surface area contributed by atoms with Crippen LogP contribution < -0.4 is 5.11 Å². The van der Waals surface area contributed by atoms with E-state index in [1.54, 1.807) is 6.92 Å². The number of rotatable bonds is 4. The van der Waals surface area contributed by atoms with Gasteiger partial charge in [0.05, 0.1) is 0 Å². The highest BCUT2D eigenvalue weighted by Gasteiger charge is 2.58. The average molecular weight is 277 g/mol. The van der Waals surface area contributed by atoms with Crippen molar-refractivity contribution in [3.05, 3.63) is 12.2 Å². The van der Waals surface area contributed by atoms with Gasteiger partial charge in [-0.05, 0) is 63.2 Å². The number of hydrogen-bond acceptors (Lipinski definition) is 4. The molecule has 4 aliphatic carbocycles. The lowest BCUT2D eigenvalue weighted by atomic mass is 9.47. The van der Waals surface area contributed by atoms with Crippen molar-refractivity contribution >= 4 is 11.9 Å². The SMILES string of the molecule is C=C(C)C(=O)OC1C2CC3CC(C2)CC1(CC(=O)[O-])C3. The first kappa shape index (κ1) is 13.7. The molecule has 3 unspecified atom stereocenters. The molecule has 4 rings (SSSR count). The zero-order valence-electron chi connectivity index (χ0n) is 11.9. The molecule has 4 fully saturated rings. The van der Waals surface area contributed by atoms with E-state index >= 15 is 0 Å². The minimum Gasteiger partial charge on any atom is -0.550 e. The average Bonchev–Trinajstić information content (AvgIpc) is 2.31. The van der Waals surface area contributed by atoms with Gasteiger partial charge in [-0.3, -0.25) is 0 Å². The first-order valence-electron chi connectivity index (χ1n) is 7.46. The zero-order chi connectivity index (χ0) is 14.5. The van der Waals surface area contributed by atoms with Gasteiger partial charge in [0.25, 0.3) is 0 Å². The maximum absolute atomic E-state index is 11.9. The molecular formula is C16H21O4-. The molecule has 0 aromatic carbocycles. The highest BCUT2D eigenvalue weighted by Crippen LogP contribution is 2.62. The van der Waals surface area contributed by atoms with Gasteiger partial charge in [-0.2, -0.15) is 0 Å². The fourth-order valence-electron chi connectivity index (χ4n) is 5.13. The van der Waals surface area contributed by atoms with Crippen molar-refractivity contribution in [2.24, 2.45) is 23.2 Å². The van der Waals surface area contributed by atoms with Crippen molar-refractivity contribution in [2.45, 2.75) is 51.6 Å². The van der Waals surface area contributed by atoms with Crippen LogP contribution in [-0.2, 0) is 14.3 Å². The summed E-state index contributed by atoms with van der Waals surface area (Å²) in [6.07, 6.45) is 4.83. The third kappa shape index (κ3) is 2.15. The highest BCUT2D eigenvalue weighted by atomic mass is 16.5. The fourth-order valence-corrected chi connectivity index (χ4v) is 5.13. The number of carbonyl (C=O) groups excluding carboxylic acids is 2. The Balaban J connectivity index is 1.87. The van der Waals surface area contributed by atoms with Crippen LogP contribution in [-0.4, -0.2) is 18.0 Å². The van der Waals surface area contributed by atoms with E-state index < -0.39 is 11.4 Å². The van der Waals surface area contributed by atoms with Crippen LogP contribution in [0.1, 0.15) is 45.4 Å². The van der Waals surface area contributed by atoms with E-state index in [1.165, 1.54) is 6.42 Å². The topological polar surface area (TPSA) is 66.4 Å². The molecule has 4 heteroatoms. The number of aliphatic carboxylic acids is 1. The number of esters is 1. The fraction of sp³-hybridized carbons (Fsp3) is 0.750. The Morgan fingerprint density at radius 3 is 2.35 bits per heavy atom. The first-order valence-corrected chi connectivity index (χ1v) is 7.46. The van der Waals surface area contributed by atoms with Gasteiger partial charge < -0.3 is 14.6 Å². The van der Waals surface area contributed by atoms with Gasteiger partial charge in [0, 0.05) is 17.0 Å². The second-order valence-corrected chi connectivity index (χ2v) is 7.12. The Bertz CT molecular complexity index is 453. The molecule has 0 N–H and O–H groups in total. The van der Waals surface area contributed by atoms with E-state index in [4.69, 9.17) is 4.74 Å². The molecule has 20 heavy (non-hydrogen) atoms. The van der Waals surface area contributed by atoms with Crippen LogP contribution in [0.25, 0.3) is 0 Å². The monoisotopic (exact) mass is 277 g/mol. The highest BCUT2D eigenvalue weighted by molar-refractivity contribution is 5.87. The van der Waals surface area contributed by atoms with Crippen molar-refractivity contribution in [2.75, 3.05) is 0 Å². The Kier molecular flexibility index (Phi) is 3.14. The Morgan fingerprint density at radius 1 is 1.25 bits per heavy atom. The summed E-state index contributed by atoms with van der Waals surface area (Å²) in [5.41, 5.74) is -0.0130. The largest absolute Gasteiger partial charge is 0.550 e. The molecule has 0 aromatic heterocycles. The van der Waals surface area contributed by atoms with Crippen LogP contribution in [0.4, 0.5) is 0 Å². The standard InChI is InChI=1S/C16H22O4/c1-9(2)15(19)20-14-12-4-10-3-11(5-12)7-16(14,6-10)8-13(17)18/h10-12,14H,1,3-8H2,2H3,(H,17,18)/p-1. The molecule has 0 aromatic rings. The molecule has 0 radical (unpaired) electrons. The van der Waals surface area contributed by atoms with Crippen molar-refractivity contribution in [3.63, 3.8) is 0 Å². The predicted octanol–water partition coefficient (Wildman–Crippen LogP) is 1.44. The van der Waals surface area contributed by atoms with Crippen LogP contribution in [0.3, 0.4) is 0 Å². The van der Waals surface area contributed by atoms with Crippen molar-refractivity contribution < 1.29 is 19.4 Å². The lowest BCUT2D eigenvalue weighted by molar-refractivity contribution is -0.312. The van der Waals surface area contributed by atoms with E-state index in [0.717, 1.165) is 25.7 Å². The lowest BCUT2D eigenvalue weighted by Crippen LogP contribution is -2.58. The van der Waals surface area contributed by atoms with E-state index in [9.17, 15) is 14.7 Å². The summed E-state index contributed by atoms with van der Waals surface area (Å²) < 4.78 is 5.66. The Morgan fingerprint density at radius 2 is 1.85 bits per heavy atom. The van der Waals surface area contributed by atoms with Gasteiger partial charge in [0.2, 0.25) is 0 Å². The quantitative estimate of drug-likeness (QED) is 0.576. The molecule has 0 heterocycles. The molecule has 4 nitrogen and oxygen atoms in total. The maximum atomic E-state index is 11.9. The van der Waals surface area contributed by atoms with E-state index in [2.05, 4.69) is 6.58 Å². The van der Waals surface area contributed by atoms with Gasteiger partial charge in [-0.15, -0.1) is 0 Å².